The first-order valence-corrected chi connectivity index (χ1v) is 8.99. The van der Waals surface area contributed by atoms with Crippen LogP contribution in [0.2, 0.25) is 0 Å². The van der Waals surface area contributed by atoms with Crippen LogP contribution in [-0.4, -0.2) is 5.71 Å². The summed E-state index contributed by atoms with van der Waals surface area (Å²) in [5, 5.41) is 11.2. The molecule has 1 N–H and O–H groups in total. The lowest BCUT2D eigenvalue weighted by atomic mass is 9.82. The molecule has 1 aliphatic carbocycles. The number of hydrogen-bond acceptors (Lipinski definition) is 1. The highest BCUT2D eigenvalue weighted by atomic mass is 14.4. The topological polar surface area (TPSA) is 23.9 Å². The molecule has 0 heterocycles. The molecule has 24 heavy (non-hydrogen) atoms. The van der Waals surface area contributed by atoms with Crippen molar-refractivity contribution in [2.45, 2.75) is 52.9 Å². The molecule has 0 aliphatic heterocycles. The van der Waals surface area contributed by atoms with Crippen LogP contribution in [0.4, 0.5) is 0 Å². The number of allylic oxidation sites excluding steroid dienone is 4. The van der Waals surface area contributed by atoms with E-state index in [1.165, 1.54) is 33.1 Å². The van der Waals surface area contributed by atoms with Crippen molar-refractivity contribution in [1.29, 1.82) is 5.41 Å². The predicted octanol–water partition coefficient (Wildman–Crippen LogP) is 6.78. The SMILES string of the molecule is CCCCC(=N)c1c(C2C(C)=CC(C)=C2C)ccc2ccccc12. The van der Waals surface area contributed by atoms with Crippen molar-refractivity contribution in [1.82, 2.24) is 0 Å². The van der Waals surface area contributed by atoms with E-state index >= 15 is 0 Å². The highest BCUT2D eigenvalue weighted by molar-refractivity contribution is 6.11. The predicted molar refractivity (Wildman–Crippen MR) is 105 cm³/mol. The van der Waals surface area contributed by atoms with Gasteiger partial charge in [-0.1, -0.05) is 72.5 Å². The van der Waals surface area contributed by atoms with Gasteiger partial charge in [0.05, 0.1) is 0 Å². The molecule has 0 saturated heterocycles. The fourth-order valence-corrected chi connectivity index (χ4v) is 3.93. The number of rotatable bonds is 5. The Morgan fingerprint density at radius 3 is 2.46 bits per heavy atom. The van der Waals surface area contributed by atoms with Gasteiger partial charge in [-0.05, 0) is 49.9 Å². The van der Waals surface area contributed by atoms with E-state index in [0.29, 0.717) is 5.92 Å². The van der Waals surface area contributed by atoms with Gasteiger partial charge in [-0.15, -0.1) is 0 Å². The maximum atomic E-state index is 8.77. The Hall–Kier alpha value is -2.15. The van der Waals surface area contributed by atoms with Gasteiger partial charge in [-0.2, -0.15) is 0 Å². The summed E-state index contributed by atoms with van der Waals surface area (Å²) < 4.78 is 0. The standard InChI is InChI=1S/C23H27N/c1-5-6-11-21(24)23-19-10-8-7-9-18(19)12-13-20(23)22-16(3)14-15(2)17(22)4/h7-10,12-14,22,24H,5-6,11H2,1-4H3. The fraction of sp³-hybridized carbons (Fsp3) is 0.348. The van der Waals surface area contributed by atoms with E-state index in [-0.39, 0.29) is 0 Å². The van der Waals surface area contributed by atoms with Crippen molar-refractivity contribution in [3.63, 3.8) is 0 Å². The van der Waals surface area contributed by atoms with Gasteiger partial charge in [0, 0.05) is 17.2 Å². The van der Waals surface area contributed by atoms with Gasteiger partial charge in [0.1, 0.15) is 0 Å². The highest BCUT2D eigenvalue weighted by Crippen LogP contribution is 2.42. The molecule has 0 fully saturated rings. The third kappa shape index (κ3) is 2.84. The minimum absolute atomic E-state index is 0.326. The van der Waals surface area contributed by atoms with Crippen LogP contribution in [0.25, 0.3) is 10.8 Å². The van der Waals surface area contributed by atoms with Crippen molar-refractivity contribution < 1.29 is 0 Å². The molecule has 1 nitrogen and oxygen atoms in total. The minimum atomic E-state index is 0.326. The number of fused-ring (bicyclic) bond motifs is 1. The van der Waals surface area contributed by atoms with Gasteiger partial charge in [0.15, 0.2) is 0 Å². The Kier molecular flexibility index (Phi) is 4.71. The fourth-order valence-electron chi connectivity index (χ4n) is 3.93. The van der Waals surface area contributed by atoms with Crippen molar-refractivity contribution in [2.75, 3.05) is 0 Å². The van der Waals surface area contributed by atoms with Crippen molar-refractivity contribution >= 4 is 16.5 Å². The molecular weight excluding hydrogens is 290 g/mol. The minimum Gasteiger partial charge on any atom is -0.305 e. The summed E-state index contributed by atoms with van der Waals surface area (Å²) in [4.78, 5) is 0. The maximum absolute atomic E-state index is 8.77. The molecule has 1 aliphatic rings. The molecule has 0 amide bonds. The first kappa shape index (κ1) is 16.7. The molecule has 1 heteroatoms. The monoisotopic (exact) mass is 317 g/mol. The molecular formula is C23H27N. The van der Waals surface area contributed by atoms with Crippen LogP contribution >= 0.6 is 0 Å². The normalized spacial score (nSPS) is 17.5. The summed E-state index contributed by atoms with van der Waals surface area (Å²) in [6.07, 6.45) is 5.36. The molecule has 2 aromatic carbocycles. The Labute approximate surface area is 145 Å². The smallest absolute Gasteiger partial charge is 0.0395 e. The molecule has 1 unspecified atom stereocenters. The number of hydrogen-bond donors (Lipinski definition) is 1. The first-order chi connectivity index (χ1) is 11.5. The molecule has 3 rings (SSSR count). The zero-order valence-electron chi connectivity index (χ0n) is 15.2. The van der Waals surface area contributed by atoms with Crippen LogP contribution < -0.4 is 0 Å². The Morgan fingerprint density at radius 2 is 1.79 bits per heavy atom. The van der Waals surface area contributed by atoms with Crippen LogP contribution in [0.5, 0.6) is 0 Å². The first-order valence-electron chi connectivity index (χ1n) is 8.99. The molecule has 0 saturated carbocycles. The van der Waals surface area contributed by atoms with Crippen molar-refractivity contribution in [3.8, 4) is 0 Å². The third-order valence-corrected chi connectivity index (χ3v) is 5.31. The third-order valence-electron chi connectivity index (χ3n) is 5.31. The molecule has 1 atom stereocenters. The zero-order valence-corrected chi connectivity index (χ0v) is 15.2. The summed E-state index contributed by atoms with van der Waals surface area (Å²) in [7, 11) is 0. The molecule has 2 aromatic rings. The van der Waals surface area contributed by atoms with E-state index in [4.69, 9.17) is 5.41 Å². The quantitative estimate of drug-likeness (QED) is 0.588. The second-order valence-corrected chi connectivity index (χ2v) is 7.02. The Bertz CT molecular complexity index is 851. The Balaban J connectivity index is 2.21. The van der Waals surface area contributed by atoms with E-state index in [1.807, 2.05) is 0 Å². The summed E-state index contributed by atoms with van der Waals surface area (Å²) >= 11 is 0. The van der Waals surface area contributed by atoms with E-state index in [2.05, 4.69) is 70.2 Å². The zero-order chi connectivity index (χ0) is 17.3. The summed E-state index contributed by atoms with van der Waals surface area (Å²) in [6, 6.07) is 13.0. The maximum Gasteiger partial charge on any atom is 0.0395 e. The molecule has 124 valence electrons. The van der Waals surface area contributed by atoms with Crippen molar-refractivity contribution in [3.05, 3.63) is 70.3 Å². The molecule has 0 radical (unpaired) electrons. The summed E-state index contributed by atoms with van der Waals surface area (Å²) in [5.74, 6) is 0.326. The number of unbranched alkanes of at least 4 members (excludes halogenated alkanes) is 1. The Morgan fingerprint density at radius 1 is 1.04 bits per heavy atom. The van der Waals surface area contributed by atoms with Crippen LogP contribution in [0.15, 0.2) is 59.2 Å². The van der Waals surface area contributed by atoms with Crippen molar-refractivity contribution in [2.24, 2.45) is 0 Å². The lowest BCUT2D eigenvalue weighted by Crippen LogP contribution is -2.10. The average Bonchev–Trinajstić information content (AvgIpc) is 2.84. The largest absolute Gasteiger partial charge is 0.305 e. The second kappa shape index (κ2) is 6.76. The second-order valence-electron chi connectivity index (χ2n) is 7.02. The number of nitrogens with one attached hydrogen (secondary N) is 1. The van der Waals surface area contributed by atoms with E-state index in [9.17, 15) is 0 Å². The van der Waals surface area contributed by atoms with Gasteiger partial charge in [-0.3, -0.25) is 0 Å². The van der Waals surface area contributed by atoms with Crippen LogP contribution in [0.1, 0.15) is 64.0 Å². The van der Waals surface area contributed by atoms with Crippen LogP contribution in [0.3, 0.4) is 0 Å². The van der Waals surface area contributed by atoms with E-state index in [0.717, 1.165) is 30.5 Å². The van der Waals surface area contributed by atoms with E-state index in [1.54, 1.807) is 0 Å². The van der Waals surface area contributed by atoms with Crippen LogP contribution in [-0.2, 0) is 0 Å². The van der Waals surface area contributed by atoms with Gasteiger partial charge in [-0.25, -0.2) is 0 Å². The number of benzene rings is 2. The lowest BCUT2D eigenvalue weighted by Gasteiger charge is -2.22. The average molecular weight is 317 g/mol. The summed E-state index contributed by atoms with van der Waals surface area (Å²) in [6.45, 7) is 8.85. The van der Waals surface area contributed by atoms with Gasteiger partial charge < -0.3 is 5.41 Å². The van der Waals surface area contributed by atoms with Gasteiger partial charge >= 0.3 is 0 Å². The summed E-state index contributed by atoms with van der Waals surface area (Å²) in [5.41, 5.74) is 7.44. The molecule has 0 bridgehead atoms. The molecule has 0 spiro atoms. The van der Waals surface area contributed by atoms with Crippen LogP contribution in [0, 0.1) is 5.41 Å². The van der Waals surface area contributed by atoms with Gasteiger partial charge in [0.25, 0.3) is 0 Å². The van der Waals surface area contributed by atoms with E-state index < -0.39 is 0 Å². The van der Waals surface area contributed by atoms with Gasteiger partial charge in [0.2, 0.25) is 0 Å². The highest BCUT2D eigenvalue weighted by Gasteiger charge is 2.26. The molecule has 0 aromatic heterocycles. The lowest BCUT2D eigenvalue weighted by molar-refractivity contribution is 0.831.